The Balaban J connectivity index is 2.61. The molecule has 0 radical (unpaired) electrons. The van der Waals surface area contributed by atoms with Gasteiger partial charge in [-0.3, -0.25) is 0 Å². The van der Waals surface area contributed by atoms with Gasteiger partial charge in [0, 0.05) is 19.8 Å². The van der Waals surface area contributed by atoms with Crippen LogP contribution in [0, 0.1) is 0 Å². The van der Waals surface area contributed by atoms with Crippen molar-refractivity contribution < 1.29 is 8.85 Å². The lowest BCUT2D eigenvalue weighted by molar-refractivity contribution is 0.229. The quantitative estimate of drug-likeness (QED) is 0.632. The van der Waals surface area contributed by atoms with Crippen molar-refractivity contribution >= 4 is 8.56 Å². The fourth-order valence-electron chi connectivity index (χ4n) is 2.36. The first-order valence-corrected chi connectivity index (χ1v) is 6.99. The predicted octanol–water partition coefficient (Wildman–Crippen LogP) is 2.69. The van der Waals surface area contributed by atoms with Gasteiger partial charge in [0.1, 0.15) is 0 Å². The minimum Gasteiger partial charge on any atom is -0.397 e. The molecular weight excluding hydrogens is 168 g/mol. The molecule has 1 fully saturated rings. The molecule has 3 heteroatoms. The first-order valence-electron chi connectivity index (χ1n) is 4.89. The molecule has 12 heavy (non-hydrogen) atoms. The maximum absolute atomic E-state index is 5.64. The van der Waals surface area contributed by atoms with Gasteiger partial charge in [0.15, 0.2) is 0 Å². The third kappa shape index (κ3) is 1.73. The second-order valence-corrected chi connectivity index (χ2v) is 7.52. The van der Waals surface area contributed by atoms with Crippen LogP contribution in [0.1, 0.15) is 32.6 Å². The first kappa shape index (κ1) is 10.2. The van der Waals surface area contributed by atoms with Crippen LogP contribution in [0.5, 0.6) is 0 Å². The highest BCUT2D eigenvalue weighted by Gasteiger charge is 2.43. The van der Waals surface area contributed by atoms with Gasteiger partial charge in [-0.1, -0.05) is 19.8 Å². The number of rotatable bonds is 4. The van der Waals surface area contributed by atoms with Gasteiger partial charge in [-0.2, -0.15) is 0 Å². The third-order valence-corrected chi connectivity index (χ3v) is 7.35. The zero-order valence-corrected chi connectivity index (χ0v) is 9.43. The van der Waals surface area contributed by atoms with Crippen LogP contribution in [0.2, 0.25) is 11.6 Å². The van der Waals surface area contributed by atoms with Crippen LogP contribution < -0.4 is 0 Å². The van der Waals surface area contributed by atoms with Crippen molar-refractivity contribution in [2.75, 3.05) is 14.2 Å². The molecule has 1 aliphatic carbocycles. The highest BCUT2D eigenvalue weighted by Crippen LogP contribution is 2.40. The molecule has 0 amide bonds. The maximum Gasteiger partial charge on any atom is 0.340 e. The van der Waals surface area contributed by atoms with Gasteiger partial charge in [0.05, 0.1) is 0 Å². The summed E-state index contributed by atoms with van der Waals surface area (Å²) in [5.41, 5.74) is 0.748. The van der Waals surface area contributed by atoms with E-state index in [-0.39, 0.29) is 0 Å². The van der Waals surface area contributed by atoms with Crippen molar-refractivity contribution in [1.29, 1.82) is 0 Å². The van der Waals surface area contributed by atoms with E-state index in [9.17, 15) is 0 Å². The van der Waals surface area contributed by atoms with Gasteiger partial charge in [-0.15, -0.1) is 0 Å². The summed E-state index contributed by atoms with van der Waals surface area (Å²) in [6.07, 6.45) is 5.38. The second-order valence-electron chi connectivity index (χ2n) is 3.56. The van der Waals surface area contributed by atoms with Crippen LogP contribution in [0.3, 0.4) is 0 Å². The van der Waals surface area contributed by atoms with E-state index in [1.54, 1.807) is 0 Å². The Hall–Kier alpha value is 0.137. The topological polar surface area (TPSA) is 18.5 Å². The molecule has 0 N–H and O–H groups in total. The Bertz CT molecular complexity index is 120. The van der Waals surface area contributed by atoms with E-state index in [0.29, 0.717) is 0 Å². The summed E-state index contributed by atoms with van der Waals surface area (Å²) in [5.74, 6) is 0. The lowest BCUT2D eigenvalue weighted by Gasteiger charge is -2.31. The Kier molecular flexibility index (Phi) is 3.74. The molecule has 0 spiro atoms. The van der Waals surface area contributed by atoms with E-state index in [0.717, 1.165) is 11.6 Å². The Morgan fingerprint density at radius 1 is 1.17 bits per heavy atom. The molecular formula is C9H20O2Si. The van der Waals surface area contributed by atoms with Gasteiger partial charge >= 0.3 is 8.56 Å². The Morgan fingerprint density at radius 3 is 2.00 bits per heavy atom. The molecule has 0 unspecified atom stereocenters. The van der Waals surface area contributed by atoms with Crippen LogP contribution in [0.15, 0.2) is 0 Å². The maximum atomic E-state index is 5.64. The van der Waals surface area contributed by atoms with E-state index in [4.69, 9.17) is 8.85 Å². The lowest BCUT2D eigenvalue weighted by atomic mass is 10.4. The van der Waals surface area contributed by atoms with E-state index < -0.39 is 8.56 Å². The summed E-state index contributed by atoms with van der Waals surface area (Å²) in [5, 5.41) is 0. The van der Waals surface area contributed by atoms with E-state index >= 15 is 0 Å². The molecule has 1 aliphatic rings. The molecule has 0 aromatic heterocycles. The molecule has 2 nitrogen and oxygen atoms in total. The summed E-state index contributed by atoms with van der Waals surface area (Å²) >= 11 is 0. The molecule has 0 atom stereocenters. The summed E-state index contributed by atoms with van der Waals surface area (Å²) in [6.45, 7) is 2.19. The first-order chi connectivity index (χ1) is 5.79. The molecule has 0 aromatic carbocycles. The van der Waals surface area contributed by atoms with Crippen LogP contribution in [0.25, 0.3) is 0 Å². The van der Waals surface area contributed by atoms with Crippen LogP contribution in [-0.2, 0) is 8.85 Å². The van der Waals surface area contributed by atoms with Gasteiger partial charge in [-0.05, 0) is 18.9 Å². The van der Waals surface area contributed by atoms with E-state index in [2.05, 4.69) is 6.92 Å². The molecule has 1 rings (SSSR count). The molecule has 0 bridgehead atoms. The van der Waals surface area contributed by atoms with Crippen molar-refractivity contribution in [3.8, 4) is 0 Å². The molecule has 0 aliphatic heterocycles. The summed E-state index contributed by atoms with van der Waals surface area (Å²) in [4.78, 5) is 0. The lowest BCUT2D eigenvalue weighted by Crippen LogP contribution is -2.43. The molecule has 0 saturated heterocycles. The minimum atomic E-state index is -1.78. The summed E-state index contributed by atoms with van der Waals surface area (Å²) < 4.78 is 11.3. The fraction of sp³-hybridized carbons (Fsp3) is 1.00. The Labute approximate surface area is 76.5 Å². The van der Waals surface area contributed by atoms with Gasteiger partial charge in [0.2, 0.25) is 0 Å². The molecule has 72 valence electrons. The average Bonchev–Trinajstić information content (AvgIpc) is 2.62. The largest absolute Gasteiger partial charge is 0.397 e. The third-order valence-electron chi connectivity index (χ3n) is 3.16. The normalized spacial score (nSPS) is 20.2. The number of hydrogen-bond donors (Lipinski definition) is 0. The second kappa shape index (κ2) is 4.39. The smallest absolute Gasteiger partial charge is 0.340 e. The zero-order valence-electron chi connectivity index (χ0n) is 8.43. The molecule has 0 heterocycles. The van der Waals surface area contributed by atoms with Crippen LogP contribution >= 0.6 is 0 Å². The van der Waals surface area contributed by atoms with Crippen molar-refractivity contribution in [1.82, 2.24) is 0 Å². The van der Waals surface area contributed by atoms with Crippen molar-refractivity contribution in [2.45, 2.75) is 44.2 Å². The van der Waals surface area contributed by atoms with Gasteiger partial charge < -0.3 is 8.85 Å². The highest BCUT2D eigenvalue weighted by atomic mass is 28.4. The van der Waals surface area contributed by atoms with Crippen LogP contribution in [-0.4, -0.2) is 22.8 Å². The van der Waals surface area contributed by atoms with E-state index in [1.165, 1.54) is 25.7 Å². The molecule has 1 saturated carbocycles. The van der Waals surface area contributed by atoms with Crippen molar-refractivity contribution in [3.63, 3.8) is 0 Å². The highest BCUT2D eigenvalue weighted by molar-refractivity contribution is 6.68. The average molecular weight is 188 g/mol. The van der Waals surface area contributed by atoms with Gasteiger partial charge in [0.25, 0.3) is 0 Å². The predicted molar refractivity (Wildman–Crippen MR) is 52.5 cm³/mol. The standard InChI is InChI=1S/C9H20O2Si/c1-4-12(10-2,11-3)9-7-5-6-8-9/h9H,4-8H2,1-3H3. The summed E-state index contributed by atoms with van der Waals surface area (Å²) in [6, 6.07) is 1.09. The fourth-order valence-corrected chi connectivity index (χ4v) is 5.64. The van der Waals surface area contributed by atoms with Crippen LogP contribution in [0.4, 0.5) is 0 Å². The van der Waals surface area contributed by atoms with Crippen molar-refractivity contribution in [3.05, 3.63) is 0 Å². The zero-order chi connectivity index (χ0) is 9.03. The minimum absolute atomic E-state index is 0.748. The van der Waals surface area contributed by atoms with Crippen molar-refractivity contribution in [2.24, 2.45) is 0 Å². The summed E-state index contributed by atoms with van der Waals surface area (Å²) in [7, 11) is 1.85. The number of hydrogen-bond acceptors (Lipinski definition) is 2. The van der Waals surface area contributed by atoms with E-state index in [1.807, 2.05) is 14.2 Å². The Morgan fingerprint density at radius 2 is 1.67 bits per heavy atom. The monoisotopic (exact) mass is 188 g/mol. The SMILES string of the molecule is CC[Si](OC)(OC)C1CCCC1. The molecule has 0 aromatic rings. The van der Waals surface area contributed by atoms with Gasteiger partial charge in [-0.25, -0.2) is 0 Å².